The summed E-state index contributed by atoms with van der Waals surface area (Å²) in [4.78, 5) is 0. The average Bonchev–Trinajstić information content (AvgIpc) is 2.84. The monoisotopic (exact) mass is 265 g/mol. The van der Waals surface area contributed by atoms with Gasteiger partial charge in [0.15, 0.2) is 0 Å². The molecule has 19 heavy (non-hydrogen) atoms. The summed E-state index contributed by atoms with van der Waals surface area (Å²) in [5.74, 6) is 0.717. The van der Waals surface area contributed by atoms with Gasteiger partial charge in [0.05, 0.1) is 6.20 Å². The normalized spacial score (nSPS) is 12.3. The molecule has 1 aromatic rings. The van der Waals surface area contributed by atoms with Crippen LogP contribution in [0.2, 0.25) is 0 Å². The molecule has 1 aromatic heterocycles. The van der Waals surface area contributed by atoms with Gasteiger partial charge in [0.2, 0.25) is 0 Å². The van der Waals surface area contributed by atoms with Crippen LogP contribution in [0.1, 0.15) is 53.0 Å². The summed E-state index contributed by atoms with van der Waals surface area (Å²) in [7, 11) is 0. The van der Waals surface area contributed by atoms with E-state index in [9.17, 15) is 0 Å². The molecule has 110 valence electrons. The van der Waals surface area contributed by atoms with E-state index in [1.54, 1.807) is 0 Å². The van der Waals surface area contributed by atoms with Crippen LogP contribution in [0, 0.1) is 11.3 Å². The van der Waals surface area contributed by atoms with Gasteiger partial charge in [-0.15, -0.1) is 0 Å². The maximum Gasteiger partial charge on any atom is 0.0521 e. The van der Waals surface area contributed by atoms with Crippen molar-refractivity contribution >= 4 is 0 Å². The molecule has 1 heterocycles. The molecule has 0 amide bonds. The fourth-order valence-electron chi connectivity index (χ4n) is 2.54. The Balaban J connectivity index is 2.64. The van der Waals surface area contributed by atoms with Crippen LogP contribution in [-0.4, -0.2) is 22.9 Å². The minimum atomic E-state index is 0.372. The van der Waals surface area contributed by atoms with Gasteiger partial charge in [-0.2, -0.15) is 5.10 Å². The van der Waals surface area contributed by atoms with E-state index in [1.807, 2.05) is 10.9 Å². The molecule has 0 saturated carbocycles. The van der Waals surface area contributed by atoms with E-state index < -0.39 is 0 Å². The highest BCUT2D eigenvalue weighted by Gasteiger charge is 2.26. The molecule has 0 aliphatic carbocycles. The van der Waals surface area contributed by atoms with Crippen LogP contribution in [0.3, 0.4) is 0 Å². The molecule has 0 unspecified atom stereocenters. The lowest BCUT2D eigenvalue weighted by Crippen LogP contribution is -2.36. The van der Waals surface area contributed by atoms with Crippen molar-refractivity contribution in [2.45, 2.75) is 60.4 Å². The lowest BCUT2D eigenvalue weighted by Gasteiger charge is -2.32. The molecule has 0 bridgehead atoms. The van der Waals surface area contributed by atoms with Gasteiger partial charge in [0, 0.05) is 19.3 Å². The van der Waals surface area contributed by atoms with Crippen molar-refractivity contribution in [3.8, 4) is 0 Å². The van der Waals surface area contributed by atoms with Crippen molar-refractivity contribution in [3.63, 3.8) is 0 Å². The average molecular weight is 265 g/mol. The van der Waals surface area contributed by atoms with E-state index in [4.69, 9.17) is 0 Å². The van der Waals surface area contributed by atoms with Crippen LogP contribution >= 0.6 is 0 Å². The Hall–Kier alpha value is -0.830. The molecule has 3 nitrogen and oxygen atoms in total. The third-order valence-corrected chi connectivity index (χ3v) is 4.14. The lowest BCUT2D eigenvalue weighted by atomic mass is 9.77. The molecule has 0 radical (unpaired) electrons. The number of nitrogens with zero attached hydrogens (tertiary/aromatic N) is 2. The van der Waals surface area contributed by atoms with Crippen LogP contribution < -0.4 is 5.32 Å². The summed E-state index contributed by atoms with van der Waals surface area (Å²) in [6.07, 6.45) is 7.79. The quantitative estimate of drug-likeness (QED) is 0.740. The van der Waals surface area contributed by atoms with Gasteiger partial charge in [0.1, 0.15) is 0 Å². The van der Waals surface area contributed by atoms with E-state index in [0.717, 1.165) is 26.1 Å². The van der Waals surface area contributed by atoms with Crippen molar-refractivity contribution in [2.75, 3.05) is 13.1 Å². The second kappa shape index (κ2) is 7.68. The molecule has 0 spiro atoms. The van der Waals surface area contributed by atoms with Gasteiger partial charge < -0.3 is 5.32 Å². The minimum Gasteiger partial charge on any atom is -0.316 e. The third-order valence-electron chi connectivity index (χ3n) is 4.14. The SMILES string of the molecule is CCn1cc(CC(CC)(CC)CNCC(C)C)cn1. The lowest BCUT2D eigenvalue weighted by molar-refractivity contribution is 0.243. The first-order chi connectivity index (χ1) is 9.05. The van der Waals surface area contributed by atoms with E-state index in [2.05, 4.69) is 51.2 Å². The molecular formula is C16H31N3. The Bertz CT molecular complexity index is 351. The molecule has 3 heteroatoms. The molecule has 0 atom stereocenters. The van der Waals surface area contributed by atoms with Crippen molar-refractivity contribution in [3.05, 3.63) is 18.0 Å². The third kappa shape index (κ3) is 4.98. The van der Waals surface area contributed by atoms with E-state index in [1.165, 1.54) is 18.4 Å². The van der Waals surface area contributed by atoms with Gasteiger partial charge in [0.25, 0.3) is 0 Å². The Morgan fingerprint density at radius 2 is 1.95 bits per heavy atom. The zero-order chi connectivity index (χ0) is 14.3. The minimum absolute atomic E-state index is 0.372. The maximum atomic E-state index is 4.39. The van der Waals surface area contributed by atoms with Gasteiger partial charge in [-0.1, -0.05) is 27.7 Å². The largest absolute Gasteiger partial charge is 0.316 e. The van der Waals surface area contributed by atoms with Crippen LogP contribution in [0.25, 0.3) is 0 Å². The molecule has 1 N–H and O–H groups in total. The number of hydrogen-bond acceptors (Lipinski definition) is 2. The van der Waals surface area contributed by atoms with Gasteiger partial charge in [-0.05, 0) is 49.6 Å². The summed E-state index contributed by atoms with van der Waals surface area (Å²) in [5.41, 5.74) is 1.74. The first-order valence-electron chi connectivity index (χ1n) is 7.77. The van der Waals surface area contributed by atoms with Gasteiger partial charge >= 0.3 is 0 Å². The van der Waals surface area contributed by atoms with Crippen LogP contribution in [0.5, 0.6) is 0 Å². The number of aryl methyl sites for hydroxylation is 1. The van der Waals surface area contributed by atoms with Crippen molar-refractivity contribution in [2.24, 2.45) is 11.3 Å². The van der Waals surface area contributed by atoms with E-state index >= 15 is 0 Å². The first kappa shape index (κ1) is 16.2. The smallest absolute Gasteiger partial charge is 0.0521 e. The van der Waals surface area contributed by atoms with E-state index in [0.29, 0.717) is 11.3 Å². The van der Waals surface area contributed by atoms with Gasteiger partial charge in [-0.3, -0.25) is 4.68 Å². The molecule has 0 aromatic carbocycles. The predicted octanol–water partition coefficient (Wildman–Crippen LogP) is 3.50. The fraction of sp³-hybridized carbons (Fsp3) is 0.812. The summed E-state index contributed by atoms with van der Waals surface area (Å²) >= 11 is 0. The Labute approximate surface area is 118 Å². The standard InChI is InChI=1S/C16H31N3/c1-6-16(7-2,13-17-10-14(4)5)9-15-11-18-19(8-3)12-15/h11-12,14,17H,6-10,13H2,1-5H3. The Morgan fingerprint density at radius 3 is 2.42 bits per heavy atom. The van der Waals surface area contributed by atoms with Crippen LogP contribution in [0.4, 0.5) is 0 Å². The zero-order valence-corrected chi connectivity index (χ0v) is 13.4. The molecule has 1 rings (SSSR count). The number of hydrogen-bond donors (Lipinski definition) is 1. The van der Waals surface area contributed by atoms with Crippen LogP contribution in [-0.2, 0) is 13.0 Å². The summed E-state index contributed by atoms with van der Waals surface area (Å²) in [6, 6.07) is 0. The van der Waals surface area contributed by atoms with Gasteiger partial charge in [-0.25, -0.2) is 0 Å². The molecule has 0 saturated heterocycles. The highest BCUT2D eigenvalue weighted by atomic mass is 15.3. The number of nitrogens with one attached hydrogen (secondary N) is 1. The van der Waals surface area contributed by atoms with E-state index in [-0.39, 0.29) is 0 Å². The molecule has 0 aliphatic heterocycles. The Kier molecular flexibility index (Phi) is 6.56. The maximum absolute atomic E-state index is 4.39. The number of aromatic nitrogens is 2. The molecule has 0 aliphatic rings. The van der Waals surface area contributed by atoms with Crippen molar-refractivity contribution in [1.29, 1.82) is 0 Å². The fourth-order valence-corrected chi connectivity index (χ4v) is 2.54. The number of rotatable bonds is 9. The van der Waals surface area contributed by atoms with Crippen molar-refractivity contribution in [1.82, 2.24) is 15.1 Å². The summed E-state index contributed by atoms with van der Waals surface area (Å²) in [5, 5.41) is 8.03. The second-order valence-electron chi connectivity index (χ2n) is 6.11. The highest BCUT2D eigenvalue weighted by molar-refractivity contribution is 5.08. The Morgan fingerprint density at radius 1 is 1.26 bits per heavy atom. The van der Waals surface area contributed by atoms with Crippen LogP contribution in [0.15, 0.2) is 12.4 Å². The zero-order valence-electron chi connectivity index (χ0n) is 13.4. The second-order valence-corrected chi connectivity index (χ2v) is 6.11. The summed E-state index contributed by atoms with van der Waals surface area (Å²) in [6.45, 7) is 14.4. The molecular weight excluding hydrogens is 234 g/mol. The first-order valence-corrected chi connectivity index (χ1v) is 7.77. The van der Waals surface area contributed by atoms with Crippen molar-refractivity contribution < 1.29 is 0 Å². The highest BCUT2D eigenvalue weighted by Crippen LogP contribution is 2.30. The predicted molar refractivity (Wildman–Crippen MR) is 82.3 cm³/mol. The molecule has 0 fully saturated rings. The topological polar surface area (TPSA) is 29.9 Å². The summed E-state index contributed by atoms with van der Waals surface area (Å²) < 4.78 is 2.02.